The van der Waals surface area contributed by atoms with Crippen molar-refractivity contribution < 1.29 is 23.6 Å². The Hall–Kier alpha value is -4.46. The molecule has 0 aliphatic heterocycles. The van der Waals surface area contributed by atoms with Gasteiger partial charge >= 0.3 is 0 Å². The molecule has 0 aliphatic carbocycles. The number of benzene rings is 3. The summed E-state index contributed by atoms with van der Waals surface area (Å²) in [5.41, 5.74) is 1.75. The Bertz CT molecular complexity index is 1240. The summed E-state index contributed by atoms with van der Waals surface area (Å²) in [4.78, 5) is 28.9. The first-order valence-corrected chi connectivity index (χ1v) is 10.2. The van der Waals surface area contributed by atoms with E-state index in [1.807, 2.05) is 24.3 Å². The topological polar surface area (TPSA) is 104 Å². The largest absolute Gasteiger partial charge is 0.495 e. The first-order valence-electron chi connectivity index (χ1n) is 10.2. The molecule has 0 spiro atoms. The molecule has 0 saturated heterocycles. The minimum Gasteiger partial charge on any atom is -0.495 e. The molecule has 0 atom stereocenters. The molecule has 0 aliphatic rings. The maximum atomic E-state index is 12.5. The van der Waals surface area contributed by atoms with Crippen LogP contribution in [0.4, 0.5) is 5.69 Å². The van der Waals surface area contributed by atoms with Crippen molar-refractivity contribution in [3.8, 4) is 11.5 Å². The van der Waals surface area contributed by atoms with Gasteiger partial charge in [-0.05, 0) is 36.4 Å². The number of methoxy groups -OCH3 is 1. The summed E-state index contributed by atoms with van der Waals surface area (Å²) in [6, 6.07) is 23.0. The van der Waals surface area contributed by atoms with Gasteiger partial charge in [-0.25, -0.2) is 0 Å². The maximum Gasteiger partial charge on any atom is 0.264 e. The average molecular weight is 443 g/mol. The Morgan fingerprint density at radius 1 is 0.909 bits per heavy atom. The number of nitrogens with one attached hydrogen (secondary N) is 1. The lowest BCUT2D eigenvalue weighted by molar-refractivity contribution is -0.115. The van der Waals surface area contributed by atoms with Crippen LogP contribution in [0, 0.1) is 0 Å². The monoisotopic (exact) mass is 443 g/mol. The average Bonchev–Trinajstić information content (AvgIpc) is 3.30. The van der Waals surface area contributed by atoms with Crippen LogP contribution in [-0.2, 0) is 17.8 Å². The van der Waals surface area contributed by atoms with Gasteiger partial charge in [0.05, 0.1) is 19.2 Å². The summed E-state index contributed by atoms with van der Waals surface area (Å²) in [6.07, 6.45) is -0.0577. The zero-order valence-corrected chi connectivity index (χ0v) is 17.9. The van der Waals surface area contributed by atoms with Crippen molar-refractivity contribution in [3.05, 3.63) is 102 Å². The van der Waals surface area contributed by atoms with Gasteiger partial charge in [-0.2, -0.15) is 4.98 Å². The molecule has 0 fully saturated rings. The maximum absolute atomic E-state index is 12.5. The Kier molecular flexibility index (Phi) is 6.75. The normalized spacial score (nSPS) is 10.5. The van der Waals surface area contributed by atoms with Gasteiger partial charge in [0, 0.05) is 11.1 Å². The molecule has 1 aromatic heterocycles. The number of rotatable bonds is 9. The van der Waals surface area contributed by atoms with E-state index in [0.717, 1.165) is 0 Å². The van der Waals surface area contributed by atoms with Gasteiger partial charge in [-0.3, -0.25) is 9.59 Å². The molecule has 1 amide bonds. The smallest absolute Gasteiger partial charge is 0.264 e. The molecule has 33 heavy (non-hydrogen) atoms. The first kappa shape index (κ1) is 21.8. The Morgan fingerprint density at radius 3 is 2.36 bits per heavy atom. The minimum absolute atomic E-state index is 0.0348. The van der Waals surface area contributed by atoms with Gasteiger partial charge in [0.2, 0.25) is 5.91 Å². The van der Waals surface area contributed by atoms with Crippen molar-refractivity contribution in [3.63, 3.8) is 0 Å². The Morgan fingerprint density at radius 2 is 1.61 bits per heavy atom. The summed E-state index contributed by atoms with van der Waals surface area (Å²) in [5.74, 6) is 1.23. The highest BCUT2D eigenvalue weighted by molar-refractivity contribution is 6.09. The number of hydrogen-bond donors (Lipinski definition) is 1. The molecule has 4 aromatic rings. The number of carbonyl (C=O) groups excluding carboxylic acids is 2. The number of anilines is 1. The number of para-hydroxylation sites is 2. The molecule has 0 saturated carbocycles. The predicted molar refractivity (Wildman–Crippen MR) is 120 cm³/mol. The Labute approximate surface area is 190 Å². The van der Waals surface area contributed by atoms with Crippen LogP contribution in [0.2, 0.25) is 0 Å². The number of amides is 1. The van der Waals surface area contributed by atoms with Gasteiger partial charge in [0.1, 0.15) is 11.5 Å². The van der Waals surface area contributed by atoms with Gasteiger partial charge < -0.3 is 19.3 Å². The molecule has 1 N–H and O–H groups in total. The lowest BCUT2D eigenvalue weighted by Crippen LogP contribution is -2.15. The summed E-state index contributed by atoms with van der Waals surface area (Å²) in [5, 5.41) is 6.58. The van der Waals surface area contributed by atoms with Crippen LogP contribution < -0.4 is 14.8 Å². The van der Waals surface area contributed by atoms with Crippen LogP contribution >= 0.6 is 0 Å². The second-order valence-corrected chi connectivity index (χ2v) is 7.04. The van der Waals surface area contributed by atoms with E-state index in [9.17, 15) is 9.59 Å². The molecule has 8 nitrogen and oxygen atoms in total. The SMILES string of the molecule is COc1ccccc1NC(=O)Cc1noc(COc2ccc(C(=O)c3ccccc3)cc2)n1. The minimum atomic E-state index is -0.300. The molecule has 0 radical (unpaired) electrons. The van der Waals surface area contributed by atoms with Crippen LogP contribution in [0.1, 0.15) is 27.6 Å². The standard InChI is InChI=1S/C25H21N3O5/c1-31-21-10-6-5-9-20(21)26-23(29)15-22-27-24(33-28-22)16-32-19-13-11-18(12-14-19)25(30)17-7-3-2-4-8-17/h2-14H,15-16H2,1H3,(H,26,29). The third-order valence-electron chi connectivity index (χ3n) is 4.72. The number of nitrogens with zero attached hydrogens (tertiary/aromatic N) is 2. The van der Waals surface area contributed by atoms with Crippen LogP contribution in [-0.4, -0.2) is 28.9 Å². The van der Waals surface area contributed by atoms with E-state index in [-0.39, 0.29) is 36.4 Å². The van der Waals surface area contributed by atoms with E-state index >= 15 is 0 Å². The molecule has 8 heteroatoms. The van der Waals surface area contributed by atoms with E-state index in [0.29, 0.717) is 28.3 Å². The fourth-order valence-corrected chi connectivity index (χ4v) is 3.11. The van der Waals surface area contributed by atoms with Gasteiger partial charge in [0.25, 0.3) is 5.89 Å². The van der Waals surface area contributed by atoms with Crippen molar-refractivity contribution >= 4 is 17.4 Å². The third kappa shape index (κ3) is 5.62. The van der Waals surface area contributed by atoms with Gasteiger partial charge in [-0.15, -0.1) is 0 Å². The van der Waals surface area contributed by atoms with Crippen molar-refractivity contribution in [2.45, 2.75) is 13.0 Å². The van der Waals surface area contributed by atoms with E-state index in [2.05, 4.69) is 15.5 Å². The highest BCUT2D eigenvalue weighted by atomic mass is 16.5. The third-order valence-corrected chi connectivity index (χ3v) is 4.72. The van der Waals surface area contributed by atoms with Crippen molar-refractivity contribution in [2.24, 2.45) is 0 Å². The molecule has 4 rings (SSSR count). The molecule has 0 unspecified atom stereocenters. The molecular formula is C25H21N3O5. The summed E-state index contributed by atoms with van der Waals surface area (Å²) in [7, 11) is 1.53. The number of ether oxygens (including phenoxy) is 2. The van der Waals surface area contributed by atoms with Crippen molar-refractivity contribution in [1.29, 1.82) is 0 Å². The van der Waals surface area contributed by atoms with Crippen molar-refractivity contribution in [1.82, 2.24) is 10.1 Å². The van der Waals surface area contributed by atoms with Gasteiger partial charge in [-0.1, -0.05) is 47.6 Å². The second kappa shape index (κ2) is 10.2. The van der Waals surface area contributed by atoms with Gasteiger partial charge in [0.15, 0.2) is 18.2 Å². The lowest BCUT2D eigenvalue weighted by Gasteiger charge is -2.08. The second-order valence-electron chi connectivity index (χ2n) is 7.04. The van der Waals surface area contributed by atoms with E-state index in [4.69, 9.17) is 14.0 Å². The number of carbonyl (C=O) groups is 2. The summed E-state index contributed by atoms with van der Waals surface area (Å²) >= 11 is 0. The van der Waals surface area contributed by atoms with E-state index in [1.165, 1.54) is 7.11 Å². The number of ketones is 1. The highest BCUT2D eigenvalue weighted by Gasteiger charge is 2.14. The fraction of sp³-hybridized carbons (Fsp3) is 0.120. The van der Waals surface area contributed by atoms with Crippen LogP contribution in [0.3, 0.4) is 0 Å². The van der Waals surface area contributed by atoms with Crippen molar-refractivity contribution in [2.75, 3.05) is 12.4 Å². The zero-order chi connectivity index (χ0) is 23.0. The van der Waals surface area contributed by atoms with Crippen LogP contribution in [0.25, 0.3) is 0 Å². The molecular weight excluding hydrogens is 422 g/mol. The number of aromatic nitrogens is 2. The Balaban J connectivity index is 1.30. The lowest BCUT2D eigenvalue weighted by atomic mass is 10.0. The number of hydrogen-bond acceptors (Lipinski definition) is 7. The molecule has 3 aromatic carbocycles. The fourth-order valence-electron chi connectivity index (χ4n) is 3.11. The van der Waals surface area contributed by atoms with E-state index < -0.39 is 0 Å². The van der Waals surface area contributed by atoms with Crippen LogP contribution in [0.15, 0.2) is 83.4 Å². The quantitative estimate of drug-likeness (QED) is 0.389. The van der Waals surface area contributed by atoms with E-state index in [1.54, 1.807) is 54.6 Å². The molecule has 166 valence electrons. The summed E-state index contributed by atoms with van der Waals surface area (Å²) < 4.78 is 16.0. The summed E-state index contributed by atoms with van der Waals surface area (Å²) in [6.45, 7) is 0.0348. The first-order chi connectivity index (χ1) is 16.1. The predicted octanol–water partition coefficient (Wildman–Crippen LogP) is 4.07. The van der Waals surface area contributed by atoms with Crippen LogP contribution in [0.5, 0.6) is 11.5 Å². The molecule has 0 bridgehead atoms. The zero-order valence-electron chi connectivity index (χ0n) is 17.9. The molecule has 1 heterocycles. The highest BCUT2D eigenvalue weighted by Crippen LogP contribution is 2.23.